The minimum absolute atomic E-state index is 0.0301. The Hall–Kier alpha value is -1.74. The number of ether oxygens (including phenoxy) is 1. The van der Waals surface area contributed by atoms with Crippen molar-refractivity contribution in [1.29, 1.82) is 0 Å². The third-order valence-electron chi connectivity index (χ3n) is 4.19. The number of benzene rings is 1. The van der Waals surface area contributed by atoms with Gasteiger partial charge in [-0.05, 0) is 37.0 Å². The summed E-state index contributed by atoms with van der Waals surface area (Å²) in [5.74, 6) is -0.265. The number of hydrogen-bond acceptors (Lipinski definition) is 4. The lowest BCUT2D eigenvalue weighted by atomic mass is 10.0. The first-order valence-corrected chi connectivity index (χ1v) is 10.3. The van der Waals surface area contributed by atoms with Crippen molar-refractivity contribution >= 4 is 15.9 Å². The number of halogens is 2. The van der Waals surface area contributed by atoms with E-state index in [2.05, 4.69) is 10.1 Å². The smallest absolute Gasteiger partial charge is 0.387 e. The van der Waals surface area contributed by atoms with Gasteiger partial charge in [0, 0.05) is 13.1 Å². The van der Waals surface area contributed by atoms with Crippen LogP contribution in [-0.2, 0) is 21.4 Å². The van der Waals surface area contributed by atoms with Crippen LogP contribution in [0.5, 0.6) is 5.75 Å². The maximum absolute atomic E-state index is 12.5. The van der Waals surface area contributed by atoms with Crippen molar-refractivity contribution in [3.63, 3.8) is 0 Å². The Bertz CT molecular complexity index is 695. The second kappa shape index (κ2) is 9.27. The van der Waals surface area contributed by atoms with Crippen LogP contribution in [0.25, 0.3) is 0 Å². The van der Waals surface area contributed by atoms with Crippen LogP contribution in [0, 0.1) is 0 Å². The van der Waals surface area contributed by atoms with Crippen LogP contribution in [0.1, 0.15) is 38.2 Å². The molecule has 1 saturated heterocycles. The molecule has 1 heterocycles. The van der Waals surface area contributed by atoms with Crippen LogP contribution in [0.3, 0.4) is 0 Å². The summed E-state index contributed by atoms with van der Waals surface area (Å²) in [6, 6.07) is 5.25. The van der Waals surface area contributed by atoms with Crippen molar-refractivity contribution in [1.82, 2.24) is 9.62 Å². The molecule has 6 nitrogen and oxygen atoms in total. The van der Waals surface area contributed by atoms with Crippen molar-refractivity contribution < 1.29 is 26.7 Å². The molecular formula is C17H24F2N2O4S. The molecular weight excluding hydrogens is 366 g/mol. The van der Waals surface area contributed by atoms with E-state index in [0.29, 0.717) is 24.9 Å². The Morgan fingerprint density at radius 2 is 2.00 bits per heavy atom. The molecule has 0 saturated carbocycles. The Balaban J connectivity index is 1.97. The minimum atomic E-state index is -3.44. The number of hydrogen-bond donors (Lipinski definition) is 1. The van der Waals surface area contributed by atoms with Gasteiger partial charge in [0.1, 0.15) is 11.8 Å². The summed E-state index contributed by atoms with van der Waals surface area (Å²) >= 11 is 0. The average molecular weight is 390 g/mol. The summed E-state index contributed by atoms with van der Waals surface area (Å²) in [6.07, 6.45) is 2.55. The largest absolute Gasteiger partial charge is 0.435 e. The predicted molar refractivity (Wildman–Crippen MR) is 93.3 cm³/mol. The van der Waals surface area contributed by atoms with Gasteiger partial charge in [0.05, 0.1) is 5.75 Å². The zero-order valence-electron chi connectivity index (χ0n) is 14.7. The molecule has 0 aromatic heterocycles. The maximum Gasteiger partial charge on any atom is 0.387 e. The second-order valence-corrected chi connectivity index (χ2v) is 8.22. The van der Waals surface area contributed by atoms with E-state index in [1.807, 2.05) is 0 Å². The van der Waals surface area contributed by atoms with Gasteiger partial charge in [0.15, 0.2) is 0 Å². The highest BCUT2D eigenvalue weighted by Crippen LogP contribution is 2.22. The average Bonchev–Trinajstić information content (AvgIpc) is 2.60. The first-order valence-electron chi connectivity index (χ1n) is 8.64. The Kier molecular flexibility index (Phi) is 7.33. The summed E-state index contributed by atoms with van der Waals surface area (Å²) in [4.78, 5) is 12.5. The Morgan fingerprint density at radius 1 is 1.31 bits per heavy atom. The molecule has 1 unspecified atom stereocenters. The maximum atomic E-state index is 12.5. The summed E-state index contributed by atoms with van der Waals surface area (Å²) in [6.45, 7) is -0.549. The first kappa shape index (κ1) is 20.6. The van der Waals surface area contributed by atoms with Crippen LogP contribution in [0.4, 0.5) is 8.78 Å². The van der Waals surface area contributed by atoms with Crippen molar-refractivity contribution in [2.24, 2.45) is 0 Å². The van der Waals surface area contributed by atoms with E-state index in [1.54, 1.807) is 19.1 Å². The van der Waals surface area contributed by atoms with Crippen LogP contribution in [0.2, 0.25) is 0 Å². The number of rotatable bonds is 8. The number of nitrogens with zero attached hydrogens (tertiary/aromatic N) is 1. The molecule has 26 heavy (non-hydrogen) atoms. The molecule has 1 fully saturated rings. The summed E-state index contributed by atoms with van der Waals surface area (Å²) in [7, 11) is -3.44. The SMILES string of the molecule is CCCS(=O)(=O)N1CCCCC1C(=O)NCc1ccc(OC(F)F)cc1. The van der Waals surface area contributed by atoms with E-state index in [-0.39, 0.29) is 24.0 Å². The van der Waals surface area contributed by atoms with Gasteiger partial charge in [-0.25, -0.2) is 8.42 Å². The lowest BCUT2D eigenvalue weighted by Gasteiger charge is -2.33. The molecule has 1 atom stereocenters. The molecule has 9 heteroatoms. The van der Waals surface area contributed by atoms with Gasteiger partial charge in [-0.3, -0.25) is 4.79 Å². The molecule has 1 aliphatic rings. The van der Waals surface area contributed by atoms with Crippen molar-refractivity contribution in [2.45, 2.75) is 51.8 Å². The standard InChI is InChI=1S/C17H24F2N2O4S/c1-2-11-26(23,24)21-10-4-3-5-15(21)16(22)20-12-13-6-8-14(9-7-13)25-17(18)19/h6-9,15,17H,2-5,10-12H2,1H3,(H,20,22). The van der Waals surface area contributed by atoms with Crippen molar-refractivity contribution in [2.75, 3.05) is 12.3 Å². The molecule has 1 amide bonds. The van der Waals surface area contributed by atoms with Crippen LogP contribution >= 0.6 is 0 Å². The normalized spacial score (nSPS) is 18.7. The lowest BCUT2D eigenvalue weighted by molar-refractivity contribution is -0.125. The third-order valence-corrected chi connectivity index (χ3v) is 6.27. The fourth-order valence-electron chi connectivity index (χ4n) is 2.97. The number of carbonyl (C=O) groups is 1. The van der Waals surface area contributed by atoms with E-state index in [0.717, 1.165) is 12.8 Å². The number of amides is 1. The quantitative estimate of drug-likeness (QED) is 0.740. The highest BCUT2D eigenvalue weighted by atomic mass is 32.2. The molecule has 1 aromatic carbocycles. The molecule has 0 radical (unpaired) electrons. The molecule has 1 aromatic rings. The van der Waals surface area contributed by atoms with E-state index in [1.165, 1.54) is 16.4 Å². The number of nitrogens with one attached hydrogen (secondary N) is 1. The minimum Gasteiger partial charge on any atom is -0.435 e. The molecule has 146 valence electrons. The molecule has 2 rings (SSSR count). The summed E-state index contributed by atoms with van der Waals surface area (Å²) in [5, 5.41) is 2.74. The fourth-order valence-corrected chi connectivity index (χ4v) is 4.72. The van der Waals surface area contributed by atoms with E-state index < -0.39 is 22.7 Å². The third kappa shape index (κ3) is 5.63. The van der Waals surface area contributed by atoms with Gasteiger partial charge in [0.25, 0.3) is 0 Å². The highest BCUT2D eigenvalue weighted by molar-refractivity contribution is 7.89. The first-order chi connectivity index (χ1) is 12.3. The zero-order valence-corrected chi connectivity index (χ0v) is 15.5. The van der Waals surface area contributed by atoms with Gasteiger partial charge in [-0.2, -0.15) is 13.1 Å². The predicted octanol–water partition coefficient (Wildman–Crippen LogP) is 2.50. The summed E-state index contributed by atoms with van der Waals surface area (Å²) in [5.41, 5.74) is 0.707. The van der Waals surface area contributed by atoms with Crippen molar-refractivity contribution in [3.8, 4) is 5.75 Å². The topological polar surface area (TPSA) is 75.7 Å². The molecule has 0 aliphatic carbocycles. The van der Waals surface area contributed by atoms with E-state index in [4.69, 9.17) is 0 Å². The van der Waals surface area contributed by atoms with Crippen LogP contribution in [-0.4, -0.2) is 43.6 Å². The monoisotopic (exact) mass is 390 g/mol. The van der Waals surface area contributed by atoms with Gasteiger partial charge in [-0.15, -0.1) is 0 Å². The summed E-state index contributed by atoms with van der Waals surface area (Å²) < 4.78 is 54.6. The molecule has 1 N–H and O–H groups in total. The van der Waals surface area contributed by atoms with Gasteiger partial charge < -0.3 is 10.1 Å². The molecule has 0 spiro atoms. The number of sulfonamides is 1. The lowest BCUT2D eigenvalue weighted by Crippen LogP contribution is -2.52. The van der Waals surface area contributed by atoms with Gasteiger partial charge in [-0.1, -0.05) is 25.5 Å². The van der Waals surface area contributed by atoms with E-state index in [9.17, 15) is 22.0 Å². The number of piperidine rings is 1. The highest BCUT2D eigenvalue weighted by Gasteiger charge is 2.35. The van der Waals surface area contributed by atoms with Crippen molar-refractivity contribution in [3.05, 3.63) is 29.8 Å². The van der Waals surface area contributed by atoms with Crippen LogP contribution < -0.4 is 10.1 Å². The number of carbonyl (C=O) groups excluding carboxylic acids is 1. The van der Waals surface area contributed by atoms with Crippen LogP contribution in [0.15, 0.2) is 24.3 Å². The van der Waals surface area contributed by atoms with E-state index >= 15 is 0 Å². The zero-order chi connectivity index (χ0) is 19.2. The van der Waals surface area contributed by atoms with Gasteiger partial charge >= 0.3 is 6.61 Å². The molecule has 1 aliphatic heterocycles. The number of alkyl halides is 2. The molecule has 0 bridgehead atoms. The Labute approximate surface area is 152 Å². The Morgan fingerprint density at radius 3 is 2.62 bits per heavy atom. The second-order valence-electron chi connectivity index (χ2n) is 6.18. The fraction of sp³-hybridized carbons (Fsp3) is 0.588. The van der Waals surface area contributed by atoms with Gasteiger partial charge in [0.2, 0.25) is 15.9 Å².